The molecule has 0 radical (unpaired) electrons. The fourth-order valence-electron chi connectivity index (χ4n) is 2.63. The van der Waals surface area contributed by atoms with Gasteiger partial charge in [-0.05, 0) is 37.1 Å². The highest BCUT2D eigenvalue weighted by Crippen LogP contribution is 2.30. The van der Waals surface area contributed by atoms with Crippen LogP contribution < -0.4 is 10.1 Å². The maximum Gasteiger partial charge on any atom is 0.168 e. The average molecular weight is 271 g/mol. The minimum Gasteiger partial charge on any atom is -0.497 e. The van der Waals surface area contributed by atoms with Gasteiger partial charge in [-0.25, -0.2) is 4.68 Å². The van der Waals surface area contributed by atoms with Crippen LogP contribution in [0.25, 0.3) is 5.69 Å². The van der Waals surface area contributed by atoms with Gasteiger partial charge in [0.1, 0.15) is 5.75 Å². The van der Waals surface area contributed by atoms with Gasteiger partial charge in [-0.15, -0.1) is 5.10 Å². The van der Waals surface area contributed by atoms with E-state index in [1.165, 1.54) is 0 Å². The number of anilines is 1. The van der Waals surface area contributed by atoms with Gasteiger partial charge in [0.2, 0.25) is 0 Å². The number of nitrogens with one attached hydrogen (secondary N) is 1. The molecule has 104 valence electrons. The summed E-state index contributed by atoms with van der Waals surface area (Å²) >= 11 is 0. The van der Waals surface area contributed by atoms with Crippen LogP contribution in [0.2, 0.25) is 0 Å². The minimum absolute atomic E-state index is 0.176. The Labute approximate surface area is 117 Å². The number of Topliss-reactive ketones (excluding diaryl/α,β-unsaturated/α-hetero) is 1. The Morgan fingerprint density at radius 1 is 1.25 bits per heavy atom. The van der Waals surface area contributed by atoms with Gasteiger partial charge < -0.3 is 10.1 Å². The summed E-state index contributed by atoms with van der Waals surface area (Å²) in [4.78, 5) is 12.1. The van der Waals surface area contributed by atoms with Crippen molar-refractivity contribution in [2.75, 3.05) is 19.5 Å². The summed E-state index contributed by atoms with van der Waals surface area (Å²) in [7, 11) is 3.44. The van der Waals surface area contributed by atoms with Crippen LogP contribution in [-0.2, 0) is 6.42 Å². The molecule has 0 aliphatic heterocycles. The molecule has 0 saturated carbocycles. The largest absolute Gasteiger partial charge is 0.497 e. The minimum atomic E-state index is 0.176. The zero-order valence-corrected chi connectivity index (χ0v) is 11.6. The fraction of sp³-hybridized carbons (Fsp3) is 0.333. The molecule has 1 aromatic carbocycles. The van der Waals surface area contributed by atoms with Crippen LogP contribution in [-0.4, -0.2) is 29.7 Å². The van der Waals surface area contributed by atoms with E-state index >= 15 is 0 Å². The van der Waals surface area contributed by atoms with Crippen molar-refractivity contribution in [3.63, 3.8) is 0 Å². The second kappa shape index (κ2) is 5.00. The molecule has 0 bridgehead atoms. The maximum atomic E-state index is 12.1. The number of ether oxygens (including phenoxy) is 1. The first-order valence-electron chi connectivity index (χ1n) is 6.72. The number of fused-ring (bicyclic) bond motifs is 1. The van der Waals surface area contributed by atoms with Crippen molar-refractivity contribution in [1.82, 2.24) is 9.78 Å². The van der Waals surface area contributed by atoms with Gasteiger partial charge in [0.25, 0.3) is 0 Å². The molecule has 0 atom stereocenters. The van der Waals surface area contributed by atoms with Crippen molar-refractivity contribution >= 4 is 11.6 Å². The van der Waals surface area contributed by atoms with Crippen LogP contribution in [0, 0.1) is 0 Å². The Morgan fingerprint density at radius 3 is 2.65 bits per heavy atom. The molecule has 1 aromatic heterocycles. The van der Waals surface area contributed by atoms with E-state index in [1.54, 1.807) is 14.2 Å². The number of nitrogens with zero attached hydrogens (tertiary/aromatic N) is 2. The van der Waals surface area contributed by atoms with Crippen molar-refractivity contribution in [1.29, 1.82) is 0 Å². The molecule has 0 fully saturated rings. The van der Waals surface area contributed by atoms with Crippen LogP contribution in [0.4, 0.5) is 5.82 Å². The van der Waals surface area contributed by atoms with Gasteiger partial charge in [-0.3, -0.25) is 4.79 Å². The molecular formula is C15H17N3O2. The maximum absolute atomic E-state index is 12.1. The summed E-state index contributed by atoms with van der Waals surface area (Å²) in [5.74, 6) is 1.65. The van der Waals surface area contributed by atoms with Gasteiger partial charge in [-0.1, -0.05) is 0 Å². The van der Waals surface area contributed by atoms with E-state index < -0.39 is 0 Å². The van der Waals surface area contributed by atoms with Gasteiger partial charge in [0.05, 0.1) is 24.1 Å². The van der Waals surface area contributed by atoms with E-state index in [-0.39, 0.29) is 5.78 Å². The Kier molecular flexibility index (Phi) is 3.18. The predicted molar refractivity (Wildman–Crippen MR) is 76.9 cm³/mol. The molecular weight excluding hydrogens is 254 g/mol. The molecule has 1 aliphatic rings. The number of carbonyl (C=O) groups excluding carboxylic acids is 1. The standard InChI is InChI=1S/C15H17N3O2/c1-16-15-14-12(4-3-5-13(14)19)18(17-15)10-6-8-11(20-2)9-7-10/h6-9H,3-5H2,1-2H3,(H,16,17). The van der Waals surface area contributed by atoms with E-state index in [9.17, 15) is 4.79 Å². The monoisotopic (exact) mass is 271 g/mol. The van der Waals surface area contributed by atoms with Crippen molar-refractivity contribution in [3.8, 4) is 11.4 Å². The highest BCUT2D eigenvalue weighted by molar-refractivity contribution is 6.02. The molecule has 3 rings (SSSR count). The smallest absolute Gasteiger partial charge is 0.168 e. The van der Waals surface area contributed by atoms with Gasteiger partial charge in [0.15, 0.2) is 11.6 Å². The van der Waals surface area contributed by atoms with Crippen molar-refractivity contribution < 1.29 is 9.53 Å². The highest BCUT2D eigenvalue weighted by Gasteiger charge is 2.26. The highest BCUT2D eigenvalue weighted by atomic mass is 16.5. The zero-order chi connectivity index (χ0) is 14.1. The summed E-state index contributed by atoms with van der Waals surface area (Å²) in [5, 5.41) is 7.55. The Bertz CT molecular complexity index is 644. The van der Waals surface area contributed by atoms with Gasteiger partial charge in [0, 0.05) is 13.5 Å². The molecule has 5 nitrogen and oxygen atoms in total. The molecule has 1 heterocycles. The van der Waals surface area contributed by atoms with Crippen LogP contribution in [0.3, 0.4) is 0 Å². The molecule has 1 N–H and O–H groups in total. The summed E-state index contributed by atoms with van der Waals surface area (Å²) in [6, 6.07) is 7.69. The van der Waals surface area contributed by atoms with E-state index in [4.69, 9.17) is 4.74 Å². The number of rotatable bonds is 3. The number of aromatic nitrogens is 2. The normalized spacial score (nSPS) is 14.0. The Balaban J connectivity index is 2.11. The molecule has 2 aromatic rings. The van der Waals surface area contributed by atoms with Gasteiger partial charge >= 0.3 is 0 Å². The molecule has 0 unspecified atom stereocenters. The lowest BCUT2D eigenvalue weighted by molar-refractivity contribution is 0.0973. The zero-order valence-electron chi connectivity index (χ0n) is 11.6. The summed E-state index contributed by atoms with van der Waals surface area (Å²) in [6.45, 7) is 0. The van der Waals surface area contributed by atoms with E-state index in [1.807, 2.05) is 28.9 Å². The first-order valence-corrected chi connectivity index (χ1v) is 6.72. The second-order valence-corrected chi connectivity index (χ2v) is 4.81. The third-order valence-electron chi connectivity index (χ3n) is 3.63. The quantitative estimate of drug-likeness (QED) is 0.931. The van der Waals surface area contributed by atoms with E-state index in [0.29, 0.717) is 12.2 Å². The molecule has 5 heteroatoms. The van der Waals surface area contributed by atoms with Crippen LogP contribution in [0.5, 0.6) is 5.75 Å². The van der Waals surface area contributed by atoms with E-state index in [0.717, 1.165) is 35.5 Å². The Morgan fingerprint density at radius 2 is 2.00 bits per heavy atom. The van der Waals surface area contributed by atoms with E-state index in [2.05, 4.69) is 10.4 Å². The third kappa shape index (κ3) is 1.95. The summed E-state index contributed by atoms with van der Waals surface area (Å²) in [6.07, 6.45) is 2.37. The van der Waals surface area contributed by atoms with Crippen molar-refractivity contribution in [2.24, 2.45) is 0 Å². The molecule has 0 saturated heterocycles. The number of hydrogen-bond donors (Lipinski definition) is 1. The number of methoxy groups -OCH3 is 1. The SMILES string of the molecule is CNc1nn(-c2ccc(OC)cc2)c2c1C(=O)CCC2. The Hall–Kier alpha value is -2.30. The predicted octanol–water partition coefficient (Wildman–Crippen LogP) is 2.44. The molecule has 0 spiro atoms. The number of carbonyl (C=O) groups is 1. The van der Waals surface area contributed by atoms with Crippen LogP contribution in [0.1, 0.15) is 28.9 Å². The first kappa shape index (κ1) is 12.7. The fourth-order valence-corrected chi connectivity index (χ4v) is 2.63. The number of ketones is 1. The first-order chi connectivity index (χ1) is 9.74. The number of benzene rings is 1. The van der Waals surface area contributed by atoms with Crippen molar-refractivity contribution in [2.45, 2.75) is 19.3 Å². The molecule has 0 amide bonds. The van der Waals surface area contributed by atoms with Crippen molar-refractivity contribution in [3.05, 3.63) is 35.5 Å². The van der Waals surface area contributed by atoms with Gasteiger partial charge in [-0.2, -0.15) is 0 Å². The summed E-state index contributed by atoms with van der Waals surface area (Å²) in [5.41, 5.74) is 2.68. The molecule has 1 aliphatic carbocycles. The lowest BCUT2D eigenvalue weighted by Gasteiger charge is -2.13. The number of hydrogen-bond acceptors (Lipinski definition) is 4. The topological polar surface area (TPSA) is 56.1 Å². The average Bonchev–Trinajstić information content (AvgIpc) is 2.87. The second-order valence-electron chi connectivity index (χ2n) is 4.81. The lowest BCUT2D eigenvalue weighted by atomic mass is 9.96. The lowest BCUT2D eigenvalue weighted by Crippen LogP contribution is -2.13. The van der Waals surface area contributed by atoms with Crippen LogP contribution >= 0.6 is 0 Å². The summed E-state index contributed by atoms with van der Waals surface area (Å²) < 4.78 is 7.02. The molecule has 20 heavy (non-hydrogen) atoms. The van der Waals surface area contributed by atoms with Crippen LogP contribution in [0.15, 0.2) is 24.3 Å². The third-order valence-corrected chi connectivity index (χ3v) is 3.63.